The molecule has 0 aliphatic carbocycles. The van der Waals surface area contributed by atoms with Crippen LogP contribution in [0.5, 0.6) is 0 Å². The summed E-state index contributed by atoms with van der Waals surface area (Å²) in [6, 6.07) is 12.9. The second kappa shape index (κ2) is 54.5. The predicted molar refractivity (Wildman–Crippen MR) is 303 cm³/mol. The summed E-state index contributed by atoms with van der Waals surface area (Å²) in [5.74, 6) is -24.4. The molecule has 43 nitrogen and oxygen atoms in total. The molecule has 15 N–H and O–H groups in total. The first kappa shape index (κ1) is 108. The fraction of sp³-hybridized carbons (Fsp3) is 0.385. The Balaban J connectivity index is -0.000000110. The van der Waals surface area contributed by atoms with Crippen LogP contribution in [0.25, 0.3) is 10.8 Å². The number of sulfone groups is 1. The van der Waals surface area contributed by atoms with Gasteiger partial charge in [-0.3, -0.25) is 38.4 Å². The molecule has 2 rings (SSSR count). The first-order valence-corrected chi connectivity index (χ1v) is 27.5. The van der Waals surface area contributed by atoms with Gasteiger partial charge in [-0.2, -0.15) is 0 Å². The fourth-order valence-corrected chi connectivity index (χ4v) is 4.78. The number of carbonyl (C=O) groups excluding carboxylic acids is 9. The summed E-state index contributed by atoms with van der Waals surface area (Å²) >= 11 is 0. The number of benzene rings is 2. The van der Waals surface area contributed by atoms with Crippen molar-refractivity contribution in [2.45, 2.75) is 122 Å². The quantitative estimate of drug-likeness (QED) is 0.0249. The van der Waals surface area contributed by atoms with Crippen LogP contribution in [-0.2, 0) is 106 Å². The minimum atomic E-state index is -3.92. The number of aliphatic carboxylic acids is 14. The zero-order chi connectivity index (χ0) is 77.5. The molecule has 0 saturated heterocycles. The number of aliphatic hydroxyl groups is 6. The molecule has 0 aliphatic heterocycles. The Morgan fingerprint density at radius 3 is 1.07 bits per heavy atom. The second-order valence-electron chi connectivity index (χ2n) is 17.0. The minimum Gasteiger partial charge on any atom is -0.748 e. The highest BCUT2D eigenvalue weighted by atomic mass is 32.2. The van der Waals surface area contributed by atoms with Crippen molar-refractivity contribution < 1.29 is 210 Å². The summed E-state index contributed by atoms with van der Waals surface area (Å²) in [4.78, 5) is 178. The average Bonchev–Trinajstić information content (AvgIpc) is 0.872. The highest BCUT2D eigenvalue weighted by Gasteiger charge is 2.38. The van der Waals surface area contributed by atoms with Crippen molar-refractivity contribution in [2.24, 2.45) is 0 Å². The van der Waals surface area contributed by atoms with Crippen molar-refractivity contribution in [1.82, 2.24) is 0 Å². The number of rotatable bonds is 25. The molecule has 6 unspecified atom stereocenters. The van der Waals surface area contributed by atoms with E-state index >= 15 is 0 Å². The van der Waals surface area contributed by atoms with Gasteiger partial charge < -0.3 is 131 Å². The number of allylic oxidation sites excluding steroid dienone is 1. The molecule has 0 heterocycles. The Bertz CT molecular complexity index is 3080. The maximum Gasteiger partial charge on any atom is 0.371 e. The van der Waals surface area contributed by atoms with Crippen molar-refractivity contribution in [3.63, 3.8) is 0 Å². The maximum atomic E-state index is 11.3. The number of carbonyl (C=O) groups is 18. The normalized spacial score (nSPS) is 12.2. The van der Waals surface area contributed by atoms with E-state index in [4.69, 9.17) is 89.6 Å². The topological polar surface area (TPSA) is 817 Å². The van der Waals surface area contributed by atoms with E-state index < -0.39 is 195 Å². The molecule has 552 valence electrons. The van der Waals surface area contributed by atoms with E-state index in [-0.39, 0.29) is 20.6 Å². The Morgan fingerprint density at radius 2 is 0.866 bits per heavy atom. The van der Waals surface area contributed by atoms with Crippen LogP contribution in [0.3, 0.4) is 0 Å². The minimum absolute atomic E-state index is 0. The van der Waals surface area contributed by atoms with E-state index in [9.17, 15) is 120 Å². The zero-order valence-corrected chi connectivity index (χ0v) is 51.0. The predicted octanol–water partition coefficient (Wildman–Crippen LogP) is -10.2. The van der Waals surface area contributed by atoms with E-state index in [2.05, 4.69) is 0 Å². The monoisotopic (exact) mass is 1440 g/mol. The SMILES string of the molecule is C.C.CC(=O)/C=C\C(=O)O.CC(=O)C(=O)O.CC(=O)C(O)CC(=O)O.CC(=O)CC(O)(CC(=O)O)C(=O)[O-].CS(=O)(=O)[O-].CS(=O)(=O)c1ccc2ccccc2c1.O=C(O)CC(O)C(=O)[O-].O=C([O-])/C=C/C(=O)O.O=C([O-])C(O)C(O)C(=O)O.O=C([O-])CC(O)(CC(=O)O)C(=O)O. The van der Waals surface area contributed by atoms with Crippen LogP contribution in [0.15, 0.2) is 71.7 Å². The van der Waals surface area contributed by atoms with E-state index in [0.717, 1.165) is 43.7 Å². The lowest BCUT2D eigenvalue weighted by molar-refractivity contribution is -0.325. The van der Waals surface area contributed by atoms with Crippen LogP contribution >= 0.6 is 0 Å². The van der Waals surface area contributed by atoms with Gasteiger partial charge in [0, 0.05) is 50.4 Å². The summed E-state index contributed by atoms with van der Waals surface area (Å²) in [7, 11) is -7.01. The van der Waals surface area contributed by atoms with E-state index in [0.29, 0.717) is 23.3 Å². The van der Waals surface area contributed by atoms with E-state index in [1.807, 2.05) is 30.3 Å². The van der Waals surface area contributed by atoms with Gasteiger partial charge >= 0.3 is 53.7 Å². The van der Waals surface area contributed by atoms with Gasteiger partial charge in [0.25, 0.3) is 0 Å². The van der Waals surface area contributed by atoms with Crippen LogP contribution in [0, 0.1) is 0 Å². The summed E-state index contributed by atoms with van der Waals surface area (Å²) in [5.41, 5.74) is -5.40. The Kier molecular flexibility index (Phi) is 60.4. The fourth-order valence-electron chi connectivity index (χ4n) is 4.12. The molecule has 45 heteroatoms. The van der Waals surface area contributed by atoms with Crippen molar-refractivity contribution >= 4 is 137 Å². The Labute approximate surface area is 546 Å². The number of hydrogen-bond acceptors (Lipinski definition) is 34. The van der Waals surface area contributed by atoms with Crippen molar-refractivity contribution in [1.29, 1.82) is 0 Å². The lowest BCUT2D eigenvalue weighted by atomic mass is 9.94. The molecule has 2 aromatic rings. The van der Waals surface area contributed by atoms with Gasteiger partial charge in [0.1, 0.15) is 29.7 Å². The lowest BCUT2D eigenvalue weighted by Crippen LogP contribution is -2.50. The number of carboxylic acid groups (broad SMARTS) is 14. The van der Waals surface area contributed by atoms with Crippen LogP contribution in [0.4, 0.5) is 0 Å². The third-order valence-corrected chi connectivity index (χ3v) is 9.30. The molecular formula is C52H68O43S2-6. The van der Waals surface area contributed by atoms with Gasteiger partial charge in [-0.15, -0.1) is 0 Å². The van der Waals surface area contributed by atoms with Crippen molar-refractivity contribution in [3.05, 3.63) is 66.8 Å². The highest BCUT2D eigenvalue weighted by Crippen LogP contribution is 2.19. The second-order valence-corrected chi connectivity index (χ2v) is 20.5. The molecular weight excluding hydrogens is 1380 g/mol. The third-order valence-electron chi connectivity index (χ3n) is 8.19. The van der Waals surface area contributed by atoms with Gasteiger partial charge in [0.2, 0.25) is 5.78 Å². The van der Waals surface area contributed by atoms with Crippen LogP contribution in [0.1, 0.15) is 81.1 Å². The van der Waals surface area contributed by atoms with Gasteiger partial charge in [0.15, 0.2) is 33.1 Å². The molecule has 97 heavy (non-hydrogen) atoms. The summed E-state index contributed by atoms with van der Waals surface area (Å²) in [6.07, 6.45) is -8.95. The molecule has 2 aromatic carbocycles. The molecule has 0 aromatic heterocycles. The number of carboxylic acids is 14. The Hall–Kier alpha value is -10.9. The molecule has 0 spiro atoms. The highest BCUT2D eigenvalue weighted by molar-refractivity contribution is 7.90. The molecule has 0 saturated carbocycles. The number of aliphatic hydroxyl groups excluding tert-OH is 4. The number of hydrogen-bond donors (Lipinski definition) is 15. The van der Waals surface area contributed by atoms with Gasteiger partial charge in [0.05, 0.1) is 64.6 Å². The standard InChI is InChI=1S/C11H10O2S.C7H10O6.C6H8O7.C5H8O4.C5H6O3.C4H6O6.C4H6O5.C4H4O4.C3H4O3.CH4O3S.2CH4/c1-14(12,13)11-7-6-9-4-2-3-5-10(9)8-11;1-4(8)2-7(13,6(11)12)3-5(9)10;7-3(8)1-6(13,5(11)12)2-4(9)10;1-3(6)4(7)2-5(8)9;1-4(6)2-3-5(7)8;5-1(3(7)8)2(6)4(9)10;5-2(4(8)9)1-3(6)7;5-3(6)1-2-4(7)8;1-2(4)3(5)6;1-5(2,3)4;;/h2-8H,1H3;13H,2-3H2,1H3,(H,9,10)(H,11,12);13H,1-2H2,(H,7,8)(H,9,10)(H,11,12);4,7H,2H2,1H3,(H,8,9);2-3H,1H3,(H,7,8);1-2,5-6H,(H,7,8)(H,9,10);2,5H,1H2,(H,6,7)(H,8,9);1-2H,(H,5,6)(H,7,8);1H3,(H,5,6);1H3,(H,2,3,4);2*1H4/p-6/b;;;;3-2-;;;2-1+;;;;. The largest absolute Gasteiger partial charge is 0.748 e. The number of ketones is 4. The first-order valence-electron chi connectivity index (χ1n) is 23.8. The Morgan fingerprint density at radius 1 is 0.495 bits per heavy atom. The van der Waals surface area contributed by atoms with Gasteiger partial charge in [-0.05, 0) is 55.8 Å². The molecule has 6 atom stereocenters. The molecule has 0 bridgehead atoms. The van der Waals surface area contributed by atoms with E-state index in [1.54, 1.807) is 12.1 Å². The molecule has 0 radical (unpaired) electrons. The van der Waals surface area contributed by atoms with Gasteiger partial charge in [-0.25, -0.2) is 40.8 Å². The smallest absolute Gasteiger partial charge is 0.371 e. The van der Waals surface area contributed by atoms with Gasteiger partial charge in [-0.1, -0.05) is 45.2 Å². The lowest BCUT2D eigenvalue weighted by Gasteiger charge is -2.25. The van der Waals surface area contributed by atoms with Crippen molar-refractivity contribution in [2.75, 3.05) is 12.5 Å². The summed E-state index contributed by atoms with van der Waals surface area (Å²) in [5, 5.41) is 174. The maximum absolute atomic E-state index is 11.3. The number of fused-ring (bicyclic) bond motifs is 1. The third kappa shape index (κ3) is 74.0. The molecule has 0 amide bonds. The number of Topliss-reactive ketones (excluding diaryl/α,β-unsaturated/α-hetero) is 3. The van der Waals surface area contributed by atoms with E-state index in [1.165, 1.54) is 13.2 Å². The van der Waals surface area contributed by atoms with Crippen LogP contribution in [0.2, 0.25) is 0 Å². The van der Waals surface area contributed by atoms with Crippen LogP contribution < -0.4 is 25.5 Å². The zero-order valence-electron chi connectivity index (χ0n) is 49.4. The van der Waals surface area contributed by atoms with Crippen molar-refractivity contribution in [3.8, 4) is 0 Å². The summed E-state index contributed by atoms with van der Waals surface area (Å²) < 4.78 is 49.8. The molecule has 0 fully saturated rings. The first-order chi connectivity index (χ1) is 42.6. The average molecular weight is 1450 g/mol. The molecule has 0 aliphatic rings. The van der Waals surface area contributed by atoms with Crippen LogP contribution in [-0.4, -0.2) is 253 Å². The summed E-state index contributed by atoms with van der Waals surface area (Å²) in [6.45, 7) is 4.49.